The molecule has 0 unspecified atom stereocenters. The number of aromatic hydroxyl groups is 1. The average molecular weight is 320 g/mol. The number of nitrogens with zero attached hydrogens (tertiary/aromatic N) is 1. The van der Waals surface area contributed by atoms with Crippen LogP contribution in [-0.4, -0.2) is 27.9 Å². The summed E-state index contributed by atoms with van der Waals surface area (Å²) in [5.74, 6) is -0.734. The fourth-order valence-electron chi connectivity index (χ4n) is 2.03. The molecule has 0 aliphatic rings. The number of carbonyl (C=O) groups is 1. The Hall–Kier alpha value is -2.73. The minimum Gasteiger partial charge on any atom is -0.508 e. The number of phenols is 1. The van der Waals surface area contributed by atoms with Crippen molar-refractivity contribution in [1.29, 1.82) is 0 Å². The Morgan fingerprint density at radius 1 is 1.23 bits per heavy atom. The van der Waals surface area contributed by atoms with E-state index in [1.54, 1.807) is 36.4 Å². The third-order valence-corrected chi connectivity index (χ3v) is 3.39. The molecule has 2 N–H and O–H groups in total. The number of phenolic OH excluding ortho intramolecular Hbond substituents is 1. The van der Waals surface area contributed by atoms with Crippen LogP contribution in [0, 0.1) is 0 Å². The van der Waals surface area contributed by atoms with Gasteiger partial charge in [0.05, 0.1) is 5.39 Å². The molecule has 1 aromatic heterocycles. The summed E-state index contributed by atoms with van der Waals surface area (Å²) in [6.45, 7) is -0.496. The summed E-state index contributed by atoms with van der Waals surface area (Å²) in [6.07, 6.45) is 0. The Morgan fingerprint density at radius 3 is 2.64 bits per heavy atom. The molecule has 0 aliphatic carbocycles. The second kappa shape index (κ2) is 5.57. The summed E-state index contributed by atoms with van der Waals surface area (Å²) in [7, 11) is 0. The number of carboxylic acids is 1. The number of benzene rings is 2. The number of rotatable bonds is 4. The first-order chi connectivity index (χ1) is 10.6. The lowest BCUT2D eigenvalue weighted by Gasteiger charge is -2.05. The van der Waals surface area contributed by atoms with Gasteiger partial charge in [-0.1, -0.05) is 16.8 Å². The van der Waals surface area contributed by atoms with Gasteiger partial charge < -0.3 is 19.5 Å². The summed E-state index contributed by atoms with van der Waals surface area (Å²) in [5.41, 5.74) is 1.64. The summed E-state index contributed by atoms with van der Waals surface area (Å²) >= 11 is 6.16. The predicted molar refractivity (Wildman–Crippen MR) is 79.3 cm³/mol. The third-order valence-electron chi connectivity index (χ3n) is 3.04. The monoisotopic (exact) mass is 319 g/mol. The highest BCUT2D eigenvalue weighted by atomic mass is 35.5. The Morgan fingerprint density at radius 2 is 1.95 bits per heavy atom. The van der Waals surface area contributed by atoms with Crippen LogP contribution in [0.2, 0.25) is 5.02 Å². The van der Waals surface area contributed by atoms with Crippen LogP contribution >= 0.6 is 11.6 Å². The molecule has 0 amide bonds. The van der Waals surface area contributed by atoms with Gasteiger partial charge in [0, 0.05) is 5.56 Å². The first kappa shape index (κ1) is 14.2. The molecule has 112 valence electrons. The molecule has 0 spiro atoms. The Balaban J connectivity index is 2.03. The van der Waals surface area contributed by atoms with E-state index in [4.69, 9.17) is 26.0 Å². The van der Waals surface area contributed by atoms with Crippen LogP contribution in [0.15, 0.2) is 40.9 Å². The molecular weight excluding hydrogens is 310 g/mol. The highest BCUT2D eigenvalue weighted by Gasteiger charge is 2.17. The second-order valence-corrected chi connectivity index (χ2v) is 4.89. The zero-order valence-electron chi connectivity index (χ0n) is 11.1. The van der Waals surface area contributed by atoms with E-state index in [2.05, 4.69) is 5.16 Å². The predicted octanol–water partition coefficient (Wildman–Crippen LogP) is 3.32. The van der Waals surface area contributed by atoms with Crippen molar-refractivity contribution in [3.63, 3.8) is 0 Å². The molecule has 22 heavy (non-hydrogen) atoms. The van der Waals surface area contributed by atoms with E-state index in [0.717, 1.165) is 5.56 Å². The molecule has 0 bridgehead atoms. The fraction of sp³-hybridized carbons (Fsp3) is 0.0667. The maximum atomic E-state index is 10.5. The number of hydrogen-bond donors (Lipinski definition) is 2. The molecule has 0 radical (unpaired) electrons. The standard InChI is InChI=1S/C15H10ClNO5/c16-13-11(21-7-12(19)20)6-5-10-14(17-22-15(10)13)8-1-3-9(18)4-2-8/h1-6,18H,7H2,(H,19,20). The number of aromatic nitrogens is 1. The maximum absolute atomic E-state index is 10.5. The number of halogens is 1. The lowest BCUT2D eigenvalue weighted by molar-refractivity contribution is -0.139. The maximum Gasteiger partial charge on any atom is 0.341 e. The third kappa shape index (κ3) is 2.56. The molecule has 2 aromatic carbocycles. The largest absolute Gasteiger partial charge is 0.508 e. The van der Waals surface area contributed by atoms with Crippen LogP contribution in [0.25, 0.3) is 22.2 Å². The van der Waals surface area contributed by atoms with Crippen molar-refractivity contribution >= 4 is 28.5 Å². The number of fused-ring (bicyclic) bond motifs is 1. The quantitative estimate of drug-likeness (QED) is 0.766. The minimum absolute atomic E-state index is 0.152. The van der Waals surface area contributed by atoms with Crippen molar-refractivity contribution < 1.29 is 24.3 Å². The van der Waals surface area contributed by atoms with E-state index < -0.39 is 12.6 Å². The molecule has 0 aliphatic heterocycles. The fourth-order valence-corrected chi connectivity index (χ4v) is 2.29. The molecule has 3 rings (SSSR count). The van der Waals surface area contributed by atoms with Gasteiger partial charge >= 0.3 is 5.97 Å². The van der Waals surface area contributed by atoms with Crippen molar-refractivity contribution in [2.75, 3.05) is 6.61 Å². The van der Waals surface area contributed by atoms with Crippen LogP contribution in [0.3, 0.4) is 0 Å². The number of aliphatic carboxylic acids is 1. The van der Waals surface area contributed by atoms with Gasteiger partial charge in [-0.2, -0.15) is 0 Å². The number of carboxylic acid groups (broad SMARTS) is 1. The Kier molecular flexibility index (Phi) is 3.60. The Labute approximate surface area is 129 Å². The molecule has 1 heterocycles. The van der Waals surface area contributed by atoms with Crippen LogP contribution in [0.4, 0.5) is 0 Å². The van der Waals surface area contributed by atoms with Gasteiger partial charge in [0.15, 0.2) is 12.2 Å². The lowest BCUT2D eigenvalue weighted by Crippen LogP contribution is -2.09. The summed E-state index contributed by atoms with van der Waals surface area (Å²) in [6, 6.07) is 9.75. The van der Waals surface area contributed by atoms with E-state index in [1.165, 1.54) is 0 Å². The molecular formula is C15H10ClNO5. The van der Waals surface area contributed by atoms with Gasteiger partial charge in [-0.15, -0.1) is 0 Å². The molecule has 0 fully saturated rings. The van der Waals surface area contributed by atoms with E-state index >= 15 is 0 Å². The molecule has 6 nitrogen and oxygen atoms in total. The minimum atomic E-state index is -1.10. The highest BCUT2D eigenvalue weighted by Crippen LogP contribution is 2.37. The summed E-state index contributed by atoms with van der Waals surface area (Å²) in [5, 5.41) is 22.8. The van der Waals surface area contributed by atoms with Crippen LogP contribution in [0.5, 0.6) is 11.5 Å². The number of ether oxygens (including phenoxy) is 1. The van der Waals surface area contributed by atoms with E-state index in [1.807, 2.05) is 0 Å². The first-order valence-electron chi connectivity index (χ1n) is 6.28. The van der Waals surface area contributed by atoms with Gasteiger partial charge in [0.2, 0.25) is 0 Å². The van der Waals surface area contributed by atoms with Crippen molar-refractivity contribution in [1.82, 2.24) is 5.16 Å². The normalized spacial score (nSPS) is 10.8. The van der Waals surface area contributed by atoms with E-state index in [-0.39, 0.29) is 16.5 Å². The van der Waals surface area contributed by atoms with Gasteiger partial charge in [-0.25, -0.2) is 4.79 Å². The molecule has 7 heteroatoms. The smallest absolute Gasteiger partial charge is 0.341 e. The summed E-state index contributed by atoms with van der Waals surface area (Å²) < 4.78 is 10.3. The van der Waals surface area contributed by atoms with Crippen LogP contribution in [0.1, 0.15) is 0 Å². The highest BCUT2D eigenvalue weighted by molar-refractivity contribution is 6.36. The Bertz CT molecular complexity index is 841. The lowest BCUT2D eigenvalue weighted by atomic mass is 10.1. The first-order valence-corrected chi connectivity index (χ1v) is 6.66. The van der Waals surface area contributed by atoms with E-state index in [0.29, 0.717) is 16.7 Å². The molecule has 0 atom stereocenters. The number of hydrogen-bond acceptors (Lipinski definition) is 5. The van der Waals surface area contributed by atoms with Crippen molar-refractivity contribution in [2.45, 2.75) is 0 Å². The zero-order valence-corrected chi connectivity index (χ0v) is 11.9. The molecule has 3 aromatic rings. The van der Waals surface area contributed by atoms with Crippen molar-refractivity contribution in [3.05, 3.63) is 41.4 Å². The average Bonchev–Trinajstić information content (AvgIpc) is 2.92. The summed E-state index contributed by atoms with van der Waals surface area (Å²) in [4.78, 5) is 10.5. The SMILES string of the molecule is O=C(O)COc1ccc2c(-c3ccc(O)cc3)noc2c1Cl. The molecule has 0 saturated heterocycles. The van der Waals surface area contributed by atoms with E-state index in [9.17, 15) is 9.90 Å². The van der Waals surface area contributed by atoms with Crippen LogP contribution < -0.4 is 4.74 Å². The van der Waals surface area contributed by atoms with Crippen molar-refractivity contribution in [3.8, 4) is 22.8 Å². The van der Waals surface area contributed by atoms with Gasteiger partial charge in [0.25, 0.3) is 0 Å². The molecule has 0 saturated carbocycles. The van der Waals surface area contributed by atoms with Crippen molar-refractivity contribution in [2.24, 2.45) is 0 Å². The zero-order chi connectivity index (χ0) is 15.7. The second-order valence-electron chi connectivity index (χ2n) is 4.51. The van der Waals surface area contributed by atoms with Gasteiger partial charge in [-0.3, -0.25) is 0 Å². The van der Waals surface area contributed by atoms with Gasteiger partial charge in [-0.05, 0) is 36.4 Å². The topological polar surface area (TPSA) is 92.8 Å². The van der Waals surface area contributed by atoms with Gasteiger partial charge in [0.1, 0.15) is 22.2 Å². The van der Waals surface area contributed by atoms with Crippen LogP contribution in [-0.2, 0) is 4.79 Å².